The van der Waals surface area contributed by atoms with Gasteiger partial charge in [0.15, 0.2) is 0 Å². The summed E-state index contributed by atoms with van der Waals surface area (Å²) in [6.07, 6.45) is 18.8. The molecule has 1 nitrogen and oxygen atoms in total. The molecule has 0 spiro atoms. The quantitative estimate of drug-likeness (QED) is 0.522. The fourth-order valence-corrected chi connectivity index (χ4v) is 1.28. The third-order valence-electron chi connectivity index (χ3n) is 1.90. The van der Waals surface area contributed by atoms with Gasteiger partial charge in [0.1, 0.15) is 0 Å². The third kappa shape index (κ3) is 1.40. The third-order valence-corrected chi connectivity index (χ3v) is 1.90. The van der Waals surface area contributed by atoms with Crippen LogP contribution in [0.25, 0.3) is 0 Å². The Bertz CT molecular complexity index is 303. The molecule has 0 aromatic heterocycles. The van der Waals surface area contributed by atoms with Crippen LogP contribution in [-0.2, 0) is 0 Å². The number of fused-ring (bicyclic) bond motifs is 1. The summed E-state index contributed by atoms with van der Waals surface area (Å²) in [5.41, 5.74) is 1.24. The molecule has 60 valence electrons. The summed E-state index contributed by atoms with van der Waals surface area (Å²) in [5, 5.41) is 0. The average molecular weight is 157 g/mol. The monoisotopic (exact) mass is 157 g/mol. The molecule has 12 heavy (non-hydrogen) atoms. The van der Waals surface area contributed by atoms with Crippen LogP contribution in [0.5, 0.6) is 0 Å². The normalized spacial score (nSPS) is 20.0. The Labute approximate surface area is 72.7 Å². The first kappa shape index (κ1) is 7.17. The Morgan fingerprint density at radius 1 is 1.00 bits per heavy atom. The Hall–Kier alpha value is -1.50. The van der Waals surface area contributed by atoms with Crippen LogP contribution in [0.1, 0.15) is 0 Å². The van der Waals surface area contributed by atoms with E-state index in [1.165, 1.54) is 5.70 Å². The smallest absolute Gasteiger partial charge is 0.0409 e. The molecule has 1 heteroatoms. The summed E-state index contributed by atoms with van der Waals surface area (Å²) in [5.74, 6) is 0. The summed E-state index contributed by atoms with van der Waals surface area (Å²) in [7, 11) is 0. The van der Waals surface area contributed by atoms with E-state index in [0.29, 0.717) is 0 Å². The summed E-state index contributed by atoms with van der Waals surface area (Å²) in [4.78, 5) is 2.21. The van der Waals surface area contributed by atoms with Crippen LogP contribution in [0, 0.1) is 0 Å². The van der Waals surface area contributed by atoms with E-state index in [1.807, 2.05) is 6.08 Å². The van der Waals surface area contributed by atoms with Crippen molar-refractivity contribution < 1.29 is 0 Å². The highest BCUT2D eigenvalue weighted by Gasteiger charge is 2.03. The zero-order valence-electron chi connectivity index (χ0n) is 6.85. The predicted molar refractivity (Wildman–Crippen MR) is 51.3 cm³/mol. The van der Waals surface area contributed by atoms with Gasteiger partial charge in [0.2, 0.25) is 0 Å². The zero-order chi connectivity index (χ0) is 8.23. The molecule has 0 atom stereocenters. The van der Waals surface area contributed by atoms with E-state index in [-0.39, 0.29) is 0 Å². The van der Waals surface area contributed by atoms with Crippen LogP contribution >= 0.6 is 0 Å². The largest absolute Gasteiger partial charge is 0.344 e. The van der Waals surface area contributed by atoms with Gasteiger partial charge >= 0.3 is 0 Å². The first-order valence-electron chi connectivity index (χ1n) is 4.12. The van der Waals surface area contributed by atoms with Crippen molar-refractivity contribution in [1.82, 2.24) is 4.90 Å². The number of allylic oxidation sites excluding steroid dienone is 7. The van der Waals surface area contributed by atoms with Crippen LogP contribution in [0.15, 0.2) is 60.5 Å². The van der Waals surface area contributed by atoms with Crippen LogP contribution in [-0.4, -0.2) is 11.4 Å². The molecule has 0 saturated carbocycles. The van der Waals surface area contributed by atoms with E-state index >= 15 is 0 Å². The maximum absolute atomic E-state index is 2.21. The second kappa shape index (κ2) is 3.26. The van der Waals surface area contributed by atoms with Crippen molar-refractivity contribution in [2.75, 3.05) is 6.54 Å². The Morgan fingerprint density at radius 3 is 3.00 bits per heavy atom. The van der Waals surface area contributed by atoms with E-state index in [2.05, 4.69) is 53.6 Å². The molecule has 0 N–H and O–H groups in total. The van der Waals surface area contributed by atoms with Crippen LogP contribution in [0.2, 0.25) is 0 Å². The second-order valence-electron chi connectivity index (χ2n) is 2.76. The van der Waals surface area contributed by atoms with Gasteiger partial charge in [0, 0.05) is 18.4 Å². The lowest BCUT2D eigenvalue weighted by Crippen LogP contribution is -2.13. The molecule has 0 aromatic rings. The van der Waals surface area contributed by atoms with E-state index < -0.39 is 0 Å². The van der Waals surface area contributed by atoms with Crippen molar-refractivity contribution in [2.45, 2.75) is 0 Å². The van der Waals surface area contributed by atoms with Crippen molar-refractivity contribution in [1.29, 1.82) is 0 Å². The van der Waals surface area contributed by atoms with Crippen LogP contribution in [0.4, 0.5) is 0 Å². The minimum absolute atomic E-state index is 0.955. The average Bonchev–Trinajstić information content (AvgIpc) is 2.38. The number of hydrogen-bond acceptors (Lipinski definition) is 1. The number of rotatable bonds is 0. The predicted octanol–water partition coefficient (Wildman–Crippen LogP) is 2.38. The molecule has 2 heterocycles. The first-order chi connectivity index (χ1) is 5.97. The highest BCUT2D eigenvalue weighted by atomic mass is 15.1. The lowest BCUT2D eigenvalue weighted by atomic mass is 10.3. The zero-order valence-corrected chi connectivity index (χ0v) is 6.85. The molecular weight excluding hydrogens is 146 g/mol. The van der Waals surface area contributed by atoms with Crippen molar-refractivity contribution in [3.8, 4) is 0 Å². The molecule has 0 bridgehead atoms. The van der Waals surface area contributed by atoms with Gasteiger partial charge in [-0.2, -0.15) is 0 Å². The fourth-order valence-electron chi connectivity index (χ4n) is 1.28. The summed E-state index contributed by atoms with van der Waals surface area (Å²) in [6, 6.07) is 0. The summed E-state index contributed by atoms with van der Waals surface area (Å²) >= 11 is 0. The van der Waals surface area contributed by atoms with Gasteiger partial charge in [-0.15, -0.1) is 0 Å². The minimum atomic E-state index is 0.955. The molecular formula is C11H11N. The molecule has 0 amide bonds. The van der Waals surface area contributed by atoms with Gasteiger partial charge in [-0.05, 0) is 18.2 Å². The van der Waals surface area contributed by atoms with Gasteiger partial charge in [-0.3, -0.25) is 0 Å². The van der Waals surface area contributed by atoms with Gasteiger partial charge in [0.25, 0.3) is 0 Å². The molecule has 0 saturated heterocycles. The molecule has 0 fully saturated rings. The van der Waals surface area contributed by atoms with Crippen LogP contribution < -0.4 is 0 Å². The number of nitrogens with zero attached hydrogens (tertiary/aromatic N) is 1. The standard InChI is InChI=1S/C11H11N/c1-3-7-11-8-4-2-6-10-12(11)9-5-1/h1-9H,10H2. The Morgan fingerprint density at radius 2 is 2.00 bits per heavy atom. The van der Waals surface area contributed by atoms with E-state index in [4.69, 9.17) is 0 Å². The van der Waals surface area contributed by atoms with Crippen molar-refractivity contribution in [3.05, 3.63) is 60.5 Å². The number of hydrogen-bond donors (Lipinski definition) is 0. The molecule has 2 aliphatic heterocycles. The van der Waals surface area contributed by atoms with Gasteiger partial charge < -0.3 is 4.90 Å². The molecule has 0 unspecified atom stereocenters. The SMILES string of the molecule is C1=CC=C2C=CC=CCN2C=C1. The highest BCUT2D eigenvalue weighted by Crippen LogP contribution is 2.12. The molecule has 0 aromatic carbocycles. The lowest BCUT2D eigenvalue weighted by Gasteiger charge is -2.17. The summed E-state index contributed by atoms with van der Waals surface area (Å²) in [6.45, 7) is 0.955. The Kier molecular flexibility index (Phi) is 1.95. The first-order valence-corrected chi connectivity index (χ1v) is 4.12. The molecule has 2 rings (SSSR count). The maximum Gasteiger partial charge on any atom is 0.0409 e. The van der Waals surface area contributed by atoms with Crippen LogP contribution in [0.3, 0.4) is 0 Å². The molecule has 2 aliphatic rings. The molecule has 0 radical (unpaired) electrons. The van der Waals surface area contributed by atoms with Gasteiger partial charge in [-0.1, -0.05) is 30.4 Å². The lowest BCUT2D eigenvalue weighted by molar-refractivity contribution is 0.536. The van der Waals surface area contributed by atoms with Gasteiger partial charge in [-0.25, -0.2) is 0 Å². The minimum Gasteiger partial charge on any atom is -0.344 e. The Balaban J connectivity index is 2.33. The fraction of sp³-hybridized carbons (Fsp3) is 0.0909. The van der Waals surface area contributed by atoms with Gasteiger partial charge in [0.05, 0.1) is 0 Å². The van der Waals surface area contributed by atoms with E-state index in [9.17, 15) is 0 Å². The van der Waals surface area contributed by atoms with E-state index in [0.717, 1.165) is 6.54 Å². The second-order valence-corrected chi connectivity index (χ2v) is 2.76. The van der Waals surface area contributed by atoms with E-state index in [1.54, 1.807) is 0 Å². The topological polar surface area (TPSA) is 3.24 Å². The van der Waals surface area contributed by atoms with Crippen molar-refractivity contribution in [3.63, 3.8) is 0 Å². The summed E-state index contributed by atoms with van der Waals surface area (Å²) < 4.78 is 0. The maximum atomic E-state index is 2.21. The van der Waals surface area contributed by atoms with Crippen molar-refractivity contribution >= 4 is 0 Å². The highest BCUT2D eigenvalue weighted by molar-refractivity contribution is 5.32. The molecule has 0 aliphatic carbocycles. The van der Waals surface area contributed by atoms with Crippen molar-refractivity contribution in [2.24, 2.45) is 0 Å².